The second-order valence-electron chi connectivity index (χ2n) is 4.97. The summed E-state index contributed by atoms with van der Waals surface area (Å²) >= 11 is 0. The maximum Gasteiger partial charge on any atom is 0.109 e. The molecule has 0 aliphatic heterocycles. The smallest absolute Gasteiger partial charge is 0.109 e. The number of rotatable bonds is 0. The molecule has 2 heteroatoms. The van der Waals surface area contributed by atoms with Crippen molar-refractivity contribution in [1.29, 1.82) is 0 Å². The third-order valence-corrected chi connectivity index (χ3v) is 4.06. The molecule has 0 N–H and O–H groups in total. The van der Waals surface area contributed by atoms with Gasteiger partial charge in [-0.1, -0.05) is 13.8 Å². The Balaban J connectivity index is 2.01. The van der Waals surface area contributed by atoms with Crippen molar-refractivity contribution < 1.29 is 8.78 Å². The standard InChI is InChI=1S/C11H18F2/c1-6-3-4-9(12)10-8(11(10)13)5-7(6)2/h6-11H,3-5H2,1-2H3/t6-,7+,8?,9?,10?,11-/m0/s1. The summed E-state index contributed by atoms with van der Waals surface area (Å²) in [5.41, 5.74) is 0. The Morgan fingerprint density at radius 2 is 1.69 bits per heavy atom. The number of hydrogen-bond acceptors (Lipinski definition) is 0. The second kappa shape index (κ2) is 3.21. The molecule has 0 heterocycles. The van der Waals surface area contributed by atoms with Crippen LogP contribution in [0.4, 0.5) is 8.78 Å². The lowest BCUT2D eigenvalue weighted by Gasteiger charge is -2.23. The van der Waals surface area contributed by atoms with E-state index >= 15 is 0 Å². The molecule has 2 aliphatic rings. The molecule has 6 atom stereocenters. The van der Waals surface area contributed by atoms with Gasteiger partial charge >= 0.3 is 0 Å². The van der Waals surface area contributed by atoms with Crippen LogP contribution in [0.1, 0.15) is 33.1 Å². The van der Waals surface area contributed by atoms with Crippen LogP contribution in [0.5, 0.6) is 0 Å². The molecule has 2 saturated carbocycles. The van der Waals surface area contributed by atoms with Gasteiger partial charge in [0.2, 0.25) is 0 Å². The molecule has 0 spiro atoms. The van der Waals surface area contributed by atoms with E-state index in [1.54, 1.807) is 0 Å². The Hall–Kier alpha value is -0.140. The Labute approximate surface area is 78.7 Å². The van der Waals surface area contributed by atoms with Crippen LogP contribution in [0.2, 0.25) is 0 Å². The first-order valence-electron chi connectivity index (χ1n) is 5.39. The number of halogens is 2. The van der Waals surface area contributed by atoms with E-state index in [0.29, 0.717) is 18.3 Å². The van der Waals surface area contributed by atoms with Crippen LogP contribution in [0.15, 0.2) is 0 Å². The quantitative estimate of drug-likeness (QED) is 0.546. The van der Waals surface area contributed by atoms with Crippen molar-refractivity contribution >= 4 is 0 Å². The van der Waals surface area contributed by atoms with Gasteiger partial charge in [-0.3, -0.25) is 0 Å². The van der Waals surface area contributed by atoms with Crippen LogP contribution < -0.4 is 0 Å². The van der Waals surface area contributed by atoms with Crippen molar-refractivity contribution in [2.45, 2.75) is 45.5 Å². The highest BCUT2D eigenvalue weighted by molar-refractivity contribution is 5.03. The Bertz CT molecular complexity index is 193. The Morgan fingerprint density at radius 3 is 2.38 bits per heavy atom. The first kappa shape index (κ1) is 9.42. The van der Waals surface area contributed by atoms with E-state index in [9.17, 15) is 8.78 Å². The number of alkyl halides is 2. The van der Waals surface area contributed by atoms with E-state index in [4.69, 9.17) is 0 Å². The first-order chi connectivity index (χ1) is 6.11. The van der Waals surface area contributed by atoms with E-state index in [2.05, 4.69) is 13.8 Å². The summed E-state index contributed by atoms with van der Waals surface area (Å²) < 4.78 is 26.5. The molecule has 0 saturated heterocycles. The van der Waals surface area contributed by atoms with Gasteiger partial charge in [0.25, 0.3) is 0 Å². The van der Waals surface area contributed by atoms with Gasteiger partial charge in [-0.2, -0.15) is 0 Å². The van der Waals surface area contributed by atoms with Gasteiger partial charge in [0.05, 0.1) is 0 Å². The fraction of sp³-hybridized carbons (Fsp3) is 1.00. The molecule has 0 bridgehead atoms. The average Bonchev–Trinajstić information content (AvgIpc) is 2.70. The molecule has 0 nitrogen and oxygen atoms in total. The zero-order valence-corrected chi connectivity index (χ0v) is 8.34. The van der Waals surface area contributed by atoms with Crippen LogP contribution in [0.3, 0.4) is 0 Å². The zero-order valence-electron chi connectivity index (χ0n) is 8.34. The van der Waals surface area contributed by atoms with Gasteiger partial charge in [-0.25, -0.2) is 8.78 Å². The van der Waals surface area contributed by atoms with Gasteiger partial charge in [0.1, 0.15) is 12.3 Å². The molecule has 0 aromatic rings. The van der Waals surface area contributed by atoms with Crippen molar-refractivity contribution in [3.8, 4) is 0 Å². The third-order valence-electron chi connectivity index (χ3n) is 4.06. The topological polar surface area (TPSA) is 0 Å². The zero-order chi connectivity index (χ0) is 9.59. The van der Waals surface area contributed by atoms with Crippen molar-refractivity contribution in [2.24, 2.45) is 23.7 Å². The molecule has 0 radical (unpaired) electrons. The monoisotopic (exact) mass is 188 g/mol. The minimum Gasteiger partial charge on any atom is -0.247 e. The lowest BCUT2D eigenvalue weighted by Crippen LogP contribution is -2.17. The fourth-order valence-corrected chi connectivity index (χ4v) is 2.67. The normalized spacial score (nSPS) is 56.3. The van der Waals surface area contributed by atoms with Crippen LogP contribution in [-0.4, -0.2) is 12.3 Å². The molecular weight excluding hydrogens is 170 g/mol. The highest BCUT2D eigenvalue weighted by atomic mass is 19.1. The van der Waals surface area contributed by atoms with E-state index < -0.39 is 12.3 Å². The van der Waals surface area contributed by atoms with Crippen molar-refractivity contribution in [2.75, 3.05) is 0 Å². The van der Waals surface area contributed by atoms with Crippen LogP contribution in [0, 0.1) is 23.7 Å². The molecule has 2 rings (SSSR count). The predicted molar refractivity (Wildman–Crippen MR) is 49.0 cm³/mol. The highest BCUT2D eigenvalue weighted by Crippen LogP contribution is 2.52. The largest absolute Gasteiger partial charge is 0.247 e. The van der Waals surface area contributed by atoms with Crippen molar-refractivity contribution in [3.63, 3.8) is 0 Å². The predicted octanol–water partition coefficient (Wildman–Crippen LogP) is 3.36. The summed E-state index contributed by atoms with van der Waals surface area (Å²) in [5.74, 6) is 0.940. The number of fused-ring (bicyclic) bond motifs is 1. The minimum absolute atomic E-state index is 0.0488. The molecule has 0 amide bonds. The van der Waals surface area contributed by atoms with E-state index in [-0.39, 0.29) is 11.8 Å². The van der Waals surface area contributed by atoms with Crippen molar-refractivity contribution in [3.05, 3.63) is 0 Å². The minimum atomic E-state index is -0.866. The maximum atomic E-state index is 13.4. The molecule has 0 aromatic heterocycles. The first-order valence-corrected chi connectivity index (χ1v) is 5.39. The summed E-state index contributed by atoms with van der Waals surface area (Å²) in [7, 11) is 0. The summed E-state index contributed by atoms with van der Waals surface area (Å²) in [6.07, 6.45) is 0.705. The molecule has 0 aromatic carbocycles. The Morgan fingerprint density at radius 1 is 1.00 bits per heavy atom. The molecule has 2 fully saturated rings. The van der Waals surface area contributed by atoms with Gasteiger partial charge in [-0.05, 0) is 37.0 Å². The van der Waals surface area contributed by atoms with Crippen LogP contribution >= 0.6 is 0 Å². The van der Waals surface area contributed by atoms with Crippen LogP contribution in [0.25, 0.3) is 0 Å². The van der Waals surface area contributed by atoms with Crippen LogP contribution in [-0.2, 0) is 0 Å². The molecule has 2 aliphatic carbocycles. The second-order valence-corrected chi connectivity index (χ2v) is 4.97. The van der Waals surface area contributed by atoms with Gasteiger partial charge in [0, 0.05) is 5.92 Å². The highest BCUT2D eigenvalue weighted by Gasteiger charge is 2.56. The van der Waals surface area contributed by atoms with Gasteiger partial charge < -0.3 is 0 Å². The average molecular weight is 188 g/mol. The molecular formula is C11H18F2. The lowest BCUT2D eigenvalue weighted by molar-refractivity contribution is 0.198. The Kier molecular flexibility index (Phi) is 2.33. The van der Waals surface area contributed by atoms with Gasteiger partial charge in [-0.15, -0.1) is 0 Å². The summed E-state index contributed by atoms with van der Waals surface area (Å²) in [5, 5.41) is 0. The molecule has 13 heavy (non-hydrogen) atoms. The van der Waals surface area contributed by atoms with Crippen molar-refractivity contribution in [1.82, 2.24) is 0 Å². The third kappa shape index (κ3) is 1.60. The summed E-state index contributed by atoms with van der Waals surface area (Å²) in [6, 6.07) is 0. The van der Waals surface area contributed by atoms with Gasteiger partial charge in [0.15, 0.2) is 0 Å². The number of hydrogen-bond donors (Lipinski definition) is 0. The summed E-state index contributed by atoms with van der Waals surface area (Å²) in [6.45, 7) is 4.33. The fourth-order valence-electron chi connectivity index (χ4n) is 2.67. The van der Waals surface area contributed by atoms with E-state index in [1.807, 2.05) is 0 Å². The van der Waals surface area contributed by atoms with E-state index in [1.165, 1.54) is 0 Å². The SMILES string of the molecule is C[C@@H]1CC2C(C(F)CC[C@@H]1C)[C@H]2F. The lowest BCUT2D eigenvalue weighted by atomic mass is 9.84. The summed E-state index contributed by atoms with van der Waals surface area (Å²) in [4.78, 5) is 0. The molecule has 3 unspecified atom stereocenters. The maximum absolute atomic E-state index is 13.4. The van der Waals surface area contributed by atoms with E-state index in [0.717, 1.165) is 12.8 Å². The molecule has 76 valence electrons.